The van der Waals surface area contributed by atoms with Gasteiger partial charge in [0.05, 0.1) is 135 Å². The molecule has 42 nitrogen and oxygen atoms in total. The molecule has 6 heterocycles. The van der Waals surface area contributed by atoms with Crippen LogP contribution in [0.5, 0.6) is 0 Å². The molecule has 15 aromatic rings. The van der Waals surface area contributed by atoms with Crippen molar-refractivity contribution in [1.82, 2.24) is 58.1 Å². The van der Waals surface area contributed by atoms with Gasteiger partial charge in [-0.15, -0.1) is 12.4 Å². The van der Waals surface area contributed by atoms with Crippen LogP contribution in [-0.4, -0.2) is 224 Å². The number of nitrogens with zero attached hydrogens (tertiary/aromatic N) is 17. The molecule has 12 N–H and O–H groups in total. The van der Waals surface area contributed by atoms with E-state index in [4.69, 9.17) is 50.5 Å². The molecule has 0 aliphatic carbocycles. The number of Topliss-reactive ketones (excluding diaryl/α,β-unsaturated/α-hetero) is 2. The van der Waals surface area contributed by atoms with Gasteiger partial charge in [0.1, 0.15) is 69.1 Å². The van der Waals surface area contributed by atoms with Crippen LogP contribution in [0.25, 0.3) is 82.3 Å². The second-order valence-electron chi connectivity index (χ2n) is 27.8. The molecular weight excluding hydrogens is 2190 g/mol. The summed E-state index contributed by atoms with van der Waals surface area (Å²) >= 11 is 24.5. The molecule has 0 fully saturated rings. The summed E-state index contributed by atoms with van der Waals surface area (Å²) in [6.45, 7) is 19.7. The molecule has 0 aliphatic heterocycles. The van der Waals surface area contributed by atoms with Gasteiger partial charge in [0.2, 0.25) is 11.0 Å². The fourth-order valence-electron chi connectivity index (χ4n) is 12.2. The van der Waals surface area contributed by atoms with E-state index in [-0.39, 0.29) is 116 Å². The van der Waals surface area contributed by atoms with Crippen molar-refractivity contribution in [3.8, 4) is 22.3 Å². The number of non-ortho nitro benzene ring substituents is 5. The summed E-state index contributed by atoms with van der Waals surface area (Å²) in [6, 6.07) is 46.3. The van der Waals surface area contributed by atoms with Crippen molar-refractivity contribution >= 4 is 292 Å². The molecule has 0 bridgehead atoms. The van der Waals surface area contributed by atoms with Gasteiger partial charge in [0, 0.05) is 122 Å². The zero-order chi connectivity index (χ0) is 102. The molecule has 139 heavy (non-hydrogen) atoms. The Balaban J connectivity index is 0.000000404. The number of esters is 2. The molecule has 6 aromatic heterocycles. The Morgan fingerprint density at radius 2 is 0.856 bits per heavy atom. The van der Waals surface area contributed by atoms with E-state index < -0.39 is 37.7 Å². The number of alkyl halides is 1. The molecule has 9 aromatic carbocycles. The van der Waals surface area contributed by atoms with Gasteiger partial charge < -0.3 is 75.3 Å². The molecule has 0 atom stereocenters. The average molecular weight is 2270 g/mol. The summed E-state index contributed by atoms with van der Waals surface area (Å²) < 4.78 is 18.1. The number of nitrogen functional groups attached to an aromatic ring is 3. The van der Waals surface area contributed by atoms with E-state index in [1.54, 1.807) is 64.8 Å². The standard InChI is InChI=1S/C16H15N3O3.C16H17N3O.C11H10BrN3O4.C10H10BrN3O3.C8H6BrN3O2.C6H7BO2.C6H6BrN3O2.C5H2ClN3.C5H8O2.C3H5BrO2.B.ClH.Li.Na/c1-11-17-16-14(12-5-3-2-4-6-12)9-13(19(21)22)10-15(16)18(11)7-8-20;1-11-18-16-14(12-5-3-2-4-6-12)9-13(17)10-15(16)19(11)7-8-20;1-6-13-11-8(12)3-7(15(17)18)4-9(11)14(6)5-10(16)19-2;1-6-12-10-8(11)4-7(14(16)17)5-9(10)13(6)2-3-15;1-4-10-7-3-5(12(13)14)2-6(9)8(7)11-4;8-7(9)6-4-2-1-3-5-6;7-4-1-3(10(11)12)2-5(8)6(4)9;1-7-4-2-8-5(6)9-3-4;1-4(6)3-5(2)7;1-6-3(5)2-4;;;;/h2-6,9-10,20H,7-8H2,1H3;2-6,9-10,20H,7-8,17H2,1H3;3-4H,5H2,1-2H3;4-5,15H,2-3H2,1H3;2-3H,1H3,(H,10,11);1-5,8-9H;1-2H,8-9H2;2-3H;3H2,1-2H3;2H2,1H3;;1H;;. The zero-order valence-corrected chi connectivity index (χ0v) is 87.5. The van der Waals surface area contributed by atoms with Gasteiger partial charge in [-0.2, -0.15) is 0 Å². The number of aromatic amines is 1. The number of imidazole rings is 5. The summed E-state index contributed by atoms with van der Waals surface area (Å²) in [6.07, 6.45) is 2.84. The fourth-order valence-corrected chi connectivity index (χ4v) is 14.6. The van der Waals surface area contributed by atoms with Crippen LogP contribution in [0, 0.1) is 91.8 Å². The fraction of sp³-hybridized carbons (Fsp3) is 0.209. The number of aryl methyl sites for hydroxylation is 5. The van der Waals surface area contributed by atoms with Crippen molar-refractivity contribution in [3.05, 3.63) is 290 Å². The zero-order valence-electron chi connectivity index (χ0n) is 76.0. The second kappa shape index (κ2) is 60.2. The van der Waals surface area contributed by atoms with Crippen LogP contribution >= 0.6 is 104 Å². The van der Waals surface area contributed by atoms with E-state index in [0.717, 1.165) is 56.6 Å². The Bertz CT molecular complexity index is 6780. The van der Waals surface area contributed by atoms with Crippen LogP contribution < -0.4 is 22.7 Å². The monoisotopic (exact) mass is 2270 g/mol. The van der Waals surface area contributed by atoms with Crippen LogP contribution in [-0.2, 0) is 54.8 Å². The number of aromatic nitrogens is 12. The number of hydrogen-bond donors (Lipinski definition) is 9. The third-order valence-corrected chi connectivity index (χ3v) is 21.4. The van der Waals surface area contributed by atoms with Gasteiger partial charge in [-0.05, 0) is 153 Å². The van der Waals surface area contributed by atoms with E-state index in [0.29, 0.717) is 110 Å². The van der Waals surface area contributed by atoms with E-state index in [9.17, 15) is 80.0 Å². The Kier molecular flexibility index (Phi) is 52.5. The second-order valence-corrected chi connectivity index (χ2v) is 32.1. The van der Waals surface area contributed by atoms with Gasteiger partial charge >= 0.3 is 56.9 Å². The Hall–Kier alpha value is -11.9. The topological polar surface area (TPSA) is 612 Å². The molecule has 0 spiro atoms. The van der Waals surface area contributed by atoms with E-state index in [2.05, 4.69) is 159 Å². The normalized spacial score (nSPS) is 10.0. The minimum absolute atomic E-state index is 0. The van der Waals surface area contributed by atoms with Gasteiger partial charge in [-0.3, -0.25) is 69.7 Å². The number of methoxy groups -OCH3 is 2. The number of rotatable bonds is 19. The third kappa shape index (κ3) is 36.4. The number of carbonyl (C=O) groups is 4. The number of nitro groups is 5. The number of aliphatic hydroxyl groups excluding tert-OH is 3. The number of halogens is 7. The van der Waals surface area contributed by atoms with E-state index in [1.807, 2.05) is 85.1 Å². The molecule has 719 valence electrons. The van der Waals surface area contributed by atoms with Crippen LogP contribution in [0.15, 0.2) is 194 Å². The minimum atomic E-state index is -1.34. The molecule has 0 saturated heterocycles. The van der Waals surface area contributed by atoms with Crippen LogP contribution in [0.4, 0.5) is 51.2 Å². The van der Waals surface area contributed by atoms with Crippen LogP contribution in [0.1, 0.15) is 49.4 Å². The van der Waals surface area contributed by atoms with E-state index in [1.165, 1.54) is 120 Å². The molecule has 15 rings (SSSR count). The number of nitrogens with two attached hydrogens (primary N) is 3. The molecule has 0 aliphatic rings. The number of nitrogens with one attached hydrogen (secondary N) is 1. The van der Waals surface area contributed by atoms with Crippen molar-refractivity contribution in [2.24, 2.45) is 0 Å². The first-order valence-electron chi connectivity index (χ1n) is 40.2. The number of aliphatic hydroxyl groups is 3. The van der Waals surface area contributed by atoms with Crippen molar-refractivity contribution < 1.29 is 78.6 Å². The van der Waals surface area contributed by atoms with Gasteiger partial charge in [-0.1, -0.05) is 107 Å². The molecule has 0 saturated carbocycles. The summed E-state index contributed by atoms with van der Waals surface area (Å²) in [5, 5.41) is 98.7. The number of hydrogen-bond acceptors (Lipinski definition) is 31. The number of ether oxygens (including phenoxy) is 2. The first-order chi connectivity index (χ1) is 65.0. The molecular formula is C86H87B2Br5Cl2LiN21NaO21. The quantitative estimate of drug-likeness (QED) is 0.00418. The maximum absolute atomic E-state index is 11.4. The molecule has 3 radical (unpaired) electrons. The van der Waals surface area contributed by atoms with Crippen molar-refractivity contribution in [2.75, 3.05) is 56.6 Å². The summed E-state index contributed by atoms with van der Waals surface area (Å²) in [7, 11) is 1.30. The number of benzene rings is 9. The van der Waals surface area contributed by atoms with Gasteiger partial charge in [0.15, 0.2) is 0 Å². The number of ketones is 2. The van der Waals surface area contributed by atoms with Gasteiger partial charge in [0.25, 0.3) is 28.4 Å². The van der Waals surface area contributed by atoms with Crippen molar-refractivity contribution in [1.29, 1.82) is 0 Å². The first kappa shape index (κ1) is 121. The Morgan fingerprint density at radius 3 is 1.21 bits per heavy atom. The Morgan fingerprint density at radius 1 is 0.511 bits per heavy atom. The molecule has 53 heteroatoms. The summed E-state index contributed by atoms with van der Waals surface area (Å²) in [5.74, 6) is 2.84. The third-order valence-electron chi connectivity index (χ3n) is 18.2. The van der Waals surface area contributed by atoms with Crippen LogP contribution in [0.2, 0.25) is 5.28 Å². The summed E-state index contributed by atoms with van der Waals surface area (Å²) in [4.78, 5) is 128. The number of carbonyl (C=O) groups excluding carboxylic acids is 4. The number of nitro benzene ring substituents is 5. The van der Waals surface area contributed by atoms with Crippen molar-refractivity contribution in [3.63, 3.8) is 0 Å². The van der Waals surface area contributed by atoms with Crippen LogP contribution in [0.3, 0.4) is 0 Å². The SMILES string of the molecule is CC(=O)CC(C)=O.COC(=O)CBr.COC(=O)Cn1c(C)nc2c(Br)cc([N+](=O)[O-])cc21.Cc1nc2c(-c3ccccc3)cc(N)cc2n1CCO.Cc1nc2c(-c3ccccc3)cc([N+](=O)[O-])cc2n1CCO.Cc1nc2c(Br)cc([N+](=O)[O-])cc2[nH]1.Cc1nc2c(Br)cc([N+](=O)[O-])cc2n1CCO.Cl.Nc1cc([N+](=O)[O-])cc(Br)c1N.OB(O)c1ccccc1.[B].[C-]#[N+]c1cnc(Cl)nc1.[Li][Na]. The number of H-pyrrole nitrogens is 1. The first-order valence-corrected chi connectivity index (χ1v) is 46.8. The average Bonchev–Trinajstić information content (AvgIpc) is 1.63. The number of anilines is 3. The predicted octanol–water partition coefficient (Wildman–Crippen LogP) is 15.2. The van der Waals surface area contributed by atoms with E-state index >= 15 is 0 Å². The Labute approximate surface area is 871 Å². The predicted molar refractivity (Wildman–Crippen MR) is 552 cm³/mol. The maximum atomic E-state index is 11.4. The van der Waals surface area contributed by atoms with Gasteiger partial charge in [-0.25, -0.2) is 39.7 Å². The molecule has 0 amide bonds. The summed E-state index contributed by atoms with van der Waals surface area (Å²) in [5.41, 5.74) is 29.8. The number of fused-ring (bicyclic) bond motifs is 5. The van der Waals surface area contributed by atoms with Crippen molar-refractivity contribution in [2.45, 2.75) is 81.1 Å². The molecule has 0 unspecified atom stereocenters.